The van der Waals surface area contributed by atoms with Gasteiger partial charge in [-0.15, -0.1) is 0 Å². The summed E-state index contributed by atoms with van der Waals surface area (Å²) in [4.78, 5) is 19.3. The molecule has 23 heavy (non-hydrogen) atoms. The molecule has 1 heterocycles. The molecule has 1 fully saturated rings. The molecule has 1 aromatic carbocycles. The van der Waals surface area contributed by atoms with Crippen LogP contribution >= 0.6 is 0 Å². The number of likely N-dealkylation sites (N-methyl/N-ethyl adjacent to an activating group) is 1. The number of hydrogen-bond acceptors (Lipinski definition) is 3. The van der Waals surface area contributed by atoms with Gasteiger partial charge in [0.25, 0.3) is 0 Å². The summed E-state index contributed by atoms with van der Waals surface area (Å²) in [6, 6.07) is 8.09. The van der Waals surface area contributed by atoms with E-state index in [2.05, 4.69) is 4.98 Å². The first-order chi connectivity index (χ1) is 11.2. The summed E-state index contributed by atoms with van der Waals surface area (Å²) < 4.78 is 1.85. The molecule has 3 rings (SSSR count). The minimum absolute atomic E-state index is 0.122. The van der Waals surface area contributed by atoms with Crippen molar-refractivity contribution in [3.63, 3.8) is 0 Å². The quantitative estimate of drug-likeness (QED) is 0.923. The van der Waals surface area contributed by atoms with Gasteiger partial charge in [-0.25, -0.2) is 4.98 Å². The molecule has 0 atom stereocenters. The number of aromatic nitrogens is 2. The minimum Gasteiger partial charge on any atom is -0.388 e. The molecule has 0 bridgehead atoms. The van der Waals surface area contributed by atoms with Crippen LogP contribution < -0.4 is 0 Å². The maximum Gasteiger partial charge on any atom is 0.242 e. The molecule has 2 aromatic rings. The van der Waals surface area contributed by atoms with Crippen LogP contribution in [0.15, 0.2) is 24.3 Å². The Morgan fingerprint density at radius 1 is 1.30 bits per heavy atom. The minimum atomic E-state index is -0.155. The maximum absolute atomic E-state index is 12.8. The van der Waals surface area contributed by atoms with Crippen LogP contribution in [0.5, 0.6) is 0 Å². The van der Waals surface area contributed by atoms with Crippen LogP contribution in [-0.4, -0.2) is 38.1 Å². The number of carbonyl (C=O) groups is 1. The van der Waals surface area contributed by atoms with E-state index in [0.29, 0.717) is 11.9 Å². The van der Waals surface area contributed by atoms with E-state index >= 15 is 0 Å². The number of hydrogen-bond donors (Lipinski definition) is 1. The van der Waals surface area contributed by atoms with Gasteiger partial charge in [0.1, 0.15) is 19.0 Å². The normalized spacial score (nSPS) is 15.9. The van der Waals surface area contributed by atoms with Gasteiger partial charge in [-0.05, 0) is 31.9 Å². The van der Waals surface area contributed by atoms with Gasteiger partial charge in [-0.2, -0.15) is 0 Å². The van der Waals surface area contributed by atoms with Crippen molar-refractivity contribution in [3.8, 4) is 0 Å². The second kappa shape index (κ2) is 7.13. The zero-order valence-electron chi connectivity index (χ0n) is 13.7. The van der Waals surface area contributed by atoms with Crippen molar-refractivity contribution in [2.45, 2.75) is 58.2 Å². The maximum atomic E-state index is 12.8. The lowest BCUT2D eigenvalue weighted by Gasteiger charge is -2.33. The van der Waals surface area contributed by atoms with Crippen LogP contribution in [0.25, 0.3) is 11.0 Å². The van der Waals surface area contributed by atoms with E-state index in [4.69, 9.17) is 0 Å². The molecule has 5 heteroatoms. The molecule has 1 aliphatic carbocycles. The molecule has 1 saturated carbocycles. The molecule has 1 amide bonds. The van der Waals surface area contributed by atoms with Crippen LogP contribution in [0.2, 0.25) is 0 Å². The monoisotopic (exact) mass is 315 g/mol. The summed E-state index contributed by atoms with van der Waals surface area (Å²) in [6.07, 6.45) is 5.92. The average Bonchev–Trinajstić information content (AvgIpc) is 2.94. The van der Waals surface area contributed by atoms with E-state index in [9.17, 15) is 9.90 Å². The highest BCUT2D eigenvalue weighted by molar-refractivity contribution is 5.81. The fraction of sp³-hybridized carbons (Fsp3) is 0.556. The van der Waals surface area contributed by atoms with E-state index in [0.717, 1.165) is 30.4 Å². The van der Waals surface area contributed by atoms with Crippen molar-refractivity contribution in [2.75, 3.05) is 6.54 Å². The van der Waals surface area contributed by atoms with Gasteiger partial charge in [0.05, 0.1) is 11.0 Å². The Morgan fingerprint density at radius 2 is 2.04 bits per heavy atom. The molecule has 0 radical (unpaired) electrons. The number of carbonyl (C=O) groups excluding carboxylic acids is 1. The Bertz CT molecular complexity index is 674. The van der Waals surface area contributed by atoms with Crippen LogP contribution in [-0.2, 0) is 17.9 Å². The Hall–Kier alpha value is -1.88. The van der Waals surface area contributed by atoms with E-state index in [-0.39, 0.29) is 19.1 Å². The molecule has 1 aromatic heterocycles. The van der Waals surface area contributed by atoms with E-state index < -0.39 is 0 Å². The van der Waals surface area contributed by atoms with Gasteiger partial charge < -0.3 is 14.6 Å². The summed E-state index contributed by atoms with van der Waals surface area (Å²) in [7, 11) is 0. The number of para-hydroxylation sites is 2. The van der Waals surface area contributed by atoms with Gasteiger partial charge in [-0.3, -0.25) is 4.79 Å². The van der Waals surface area contributed by atoms with E-state index in [1.165, 1.54) is 19.3 Å². The van der Waals surface area contributed by atoms with Crippen LogP contribution in [0, 0.1) is 0 Å². The Kier molecular flexibility index (Phi) is 4.96. The van der Waals surface area contributed by atoms with Crippen molar-refractivity contribution in [1.82, 2.24) is 14.5 Å². The van der Waals surface area contributed by atoms with E-state index in [1.807, 2.05) is 40.7 Å². The molecule has 0 unspecified atom stereocenters. The lowest BCUT2D eigenvalue weighted by Crippen LogP contribution is -2.43. The third kappa shape index (κ3) is 3.24. The third-order valence-corrected chi connectivity index (χ3v) is 4.84. The number of fused-ring (bicyclic) bond motifs is 1. The molecular weight excluding hydrogens is 290 g/mol. The predicted molar refractivity (Wildman–Crippen MR) is 89.9 cm³/mol. The molecule has 1 aliphatic rings. The van der Waals surface area contributed by atoms with Crippen molar-refractivity contribution in [2.24, 2.45) is 0 Å². The summed E-state index contributed by atoms with van der Waals surface area (Å²) in [6.45, 7) is 2.88. The first-order valence-electron chi connectivity index (χ1n) is 8.59. The highest BCUT2D eigenvalue weighted by Gasteiger charge is 2.25. The standard InChI is InChI=1S/C18H25N3O2/c1-2-20(14-8-4-3-5-9-14)18(23)12-21-16-11-7-6-10-15(16)19-17(21)13-22/h6-7,10-11,14,22H,2-5,8-9,12-13H2,1H3. The van der Waals surface area contributed by atoms with Crippen molar-refractivity contribution < 1.29 is 9.90 Å². The molecule has 0 saturated heterocycles. The average molecular weight is 315 g/mol. The first-order valence-corrected chi connectivity index (χ1v) is 8.59. The molecule has 5 nitrogen and oxygen atoms in total. The molecule has 0 spiro atoms. The lowest BCUT2D eigenvalue weighted by molar-refractivity contribution is -0.134. The number of amides is 1. The molecule has 124 valence electrons. The van der Waals surface area contributed by atoms with Crippen molar-refractivity contribution in [1.29, 1.82) is 0 Å². The van der Waals surface area contributed by atoms with Crippen LogP contribution in [0.3, 0.4) is 0 Å². The second-order valence-electron chi connectivity index (χ2n) is 6.23. The number of rotatable bonds is 5. The topological polar surface area (TPSA) is 58.4 Å². The zero-order valence-corrected chi connectivity index (χ0v) is 13.7. The zero-order chi connectivity index (χ0) is 16.2. The fourth-order valence-electron chi connectivity index (χ4n) is 3.68. The van der Waals surface area contributed by atoms with Gasteiger partial charge in [0.2, 0.25) is 5.91 Å². The van der Waals surface area contributed by atoms with Crippen LogP contribution in [0.1, 0.15) is 44.9 Å². The Balaban J connectivity index is 1.83. The summed E-state index contributed by atoms with van der Waals surface area (Å²) in [5.74, 6) is 0.677. The summed E-state index contributed by atoms with van der Waals surface area (Å²) >= 11 is 0. The summed E-state index contributed by atoms with van der Waals surface area (Å²) in [5.41, 5.74) is 1.73. The largest absolute Gasteiger partial charge is 0.388 e. The Labute approximate surface area is 136 Å². The van der Waals surface area contributed by atoms with Gasteiger partial charge >= 0.3 is 0 Å². The predicted octanol–water partition coefficient (Wildman–Crippen LogP) is 2.71. The van der Waals surface area contributed by atoms with Gasteiger partial charge in [-0.1, -0.05) is 31.4 Å². The molecule has 1 N–H and O–H groups in total. The van der Waals surface area contributed by atoms with E-state index in [1.54, 1.807) is 0 Å². The number of benzene rings is 1. The highest BCUT2D eigenvalue weighted by atomic mass is 16.3. The molecular formula is C18H25N3O2. The van der Waals surface area contributed by atoms with Crippen LogP contribution in [0.4, 0.5) is 0 Å². The molecule has 0 aliphatic heterocycles. The number of aliphatic hydroxyl groups is 1. The number of imidazole rings is 1. The van der Waals surface area contributed by atoms with Gasteiger partial charge in [0.15, 0.2) is 0 Å². The highest BCUT2D eigenvalue weighted by Crippen LogP contribution is 2.23. The fourth-order valence-corrected chi connectivity index (χ4v) is 3.68. The van der Waals surface area contributed by atoms with Crippen molar-refractivity contribution >= 4 is 16.9 Å². The Morgan fingerprint density at radius 3 is 2.74 bits per heavy atom. The third-order valence-electron chi connectivity index (χ3n) is 4.84. The van der Waals surface area contributed by atoms with Gasteiger partial charge in [0, 0.05) is 12.6 Å². The summed E-state index contributed by atoms with van der Waals surface area (Å²) in [5, 5.41) is 9.57. The van der Waals surface area contributed by atoms with Crippen molar-refractivity contribution in [3.05, 3.63) is 30.1 Å². The first kappa shape index (κ1) is 16.0. The smallest absolute Gasteiger partial charge is 0.242 e. The number of nitrogens with zero attached hydrogens (tertiary/aromatic N) is 3. The SMILES string of the molecule is CCN(C(=O)Cn1c(CO)nc2ccccc21)C1CCCCC1. The lowest BCUT2D eigenvalue weighted by atomic mass is 9.94. The number of aliphatic hydroxyl groups excluding tert-OH is 1. The second-order valence-corrected chi connectivity index (χ2v) is 6.23.